The monoisotopic (exact) mass is 386 g/mol. The number of carbonyl (C=O) groups excluding carboxylic acids is 2. The Morgan fingerprint density at radius 1 is 0.964 bits per heavy atom. The molecule has 0 saturated carbocycles. The van der Waals surface area contributed by atoms with Gasteiger partial charge in [0.15, 0.2) is 0 Å². The number of benzene rings is 2. The molecular formula is C21H26N2O5. The van der Waals surface area contributed by atoms with Crippen molar-refractivity contribution in [1.29, 1.82) is 0 Å². The molecule has 0 heterocycles. The lowest BCUT2D eigenvalue weighted by atomic mass is 10.1. The fraction of sp³-hybridized carbons (Fsp3) is 0.333. The summed E-state index contributed by atoms with van der Waals surface area (Å²) in [5.41, 5.74) is 1.52. The van der Waals surface area contributed by atoms with Gasteiger partial charge in [-0.15, -0.1) is 0 Å². The molecule has 150 valence electrons. The number of hydrogen-bond donors (Lipinski definition) is 1. The van der Waals surface area contributed by atoms with Crippen molar-refractivity contribution in [2.45, 2.75) is 13.3 Å². The number of methoxy groups -OCH3 is 3. The first-order valence-corrected chi connectivity index (χ1v) is 8.87. The van der Waals surface area contributed by atoms with E-state index in [0.29, 0.717) is 30.2 Å². The van der Waals surface area contributed by atoms with Crippen molar-refractivity contribution < 1.29 is 23.8 Å². The summed E-state index contributed by atoms with van der Waals surface area (Å²) in [6.07, 6.45) is 0.618. The van der Waals surface area contributed by atoms with E-state index in [4.69, 9.17) is 14.2 Å². The highest BCUT2D eigenvalue weighted by atomic mass is 16.5. The van der Waals surface area contributed by atoms with Gasteiger partial charge in [0.1, 0.15) is 17.2 Å². The van der Waals surface area contributed by atoms with Gasteiger partial charge in [0.2, 0.25) is 11.8 Å². The van der Waals surface area contributed by atoms with Crippen LogP contribution in [-0.4, -0.2) is 51.1 Å². The molecule has 0 bridgehead atoms. The third kappa shape index (κ3) is 5.90. The largest absolute Gasteiger partial charge is 0.497 e. The van der Waals surface area contributed by atoms with Crippen LogP contribution in [0.15, 0.2) is 42.5 Å². The molecule has 2 aromatic rings. The van der Waals surface area contributed by atoms with Gasteiger partial charge < -0.3 is 24.4 Å². The van der Waals surface area contributed by atoms with Crippen molar-refractivity contribution in [3.8, 4) is 17.2 Å². The minimum atomic E-state index is -0.313. The number of nitrogens with zero attached hydrogens (tertiary/aromatic N) is 1. The average Bonchev–Trinajstić information content (AvgIpc) is 2.70. The Balaban J connectivity index is 2.01. The maximum Gasteiger partial charge on any atom is 0.244 e. The highest BCUT2D eigenvalue weighted by Crippen LogP contribution is 2.28. The molecule has 2 amide bonds. The molecule has 0 aliphatic carbocycles. The third-order valence-electron chi connectivity index (χ3n) is 4.27. The Hall–Kier alpha value is -3.22. The van der Waals surface area contributed by atoms with Crippen LogP contribution < -0.4 is 19.5 Å². The molecule has 0 aliphatic rings. The van der Waals surface area contributed by atoms with Gasteiger partial charge in [-0.1, -0.05) is 12.1 Å². The van der Waals surface area contributed by atoms with Crippen LogP contribution in [0.3, 0.4) is 0 Å². The van der Waals surface area contributed by atoms with Gasteiger partial charge in [-0.3, -0.25) is 9.59 Å². The highest BCUT2D eigenvalue weighted by Gasteiger charge is 2.16. The summed E-state index contributed by atoms with van der Waals surface area (Å²) in [6, 6.07) is 12.8. The molecule has 28 heavy (non-hydrogen) atoms. The van der Waals surface area contributed by atoms with E-state index in [1.807, 2.05) is 24.3 Å². The smallest absolute Gasteiger partial charge is 0.244 e. The first-order valence-electron chi connectivity index (χ1n) is 8.87. The zero-order valence-corrected chi connectivity index (χ0v) is 16.7. The topological polar surface area (TPSA) is 77.1 Å². The van der Waals surface area contributed by atoms with Crippen LogP contribution in [-0.2, 0) is 16.0 Å². The SMILES string of the molecule is COc1cccc(CCN(CC(=O)Nc2cc(OC)ccc2OC)C(C)=O)c1. The second-order valence-corrected chi connectivity index (χ2v) is 6.16. The number of nitrogens with one attached hydrogen (secondary N) is 1. The Morgan fingerprint density at radius 2 is 1.68 bits per heavy atom. The van der Waals surface area contributed by atoms with Crippen LogP contribution in [0.2, 0.25) is 0 Å². The van der Waals surface area contributed by atoms with Gasteiger partial charge in [0.25, 0.3) is 0 Å². The maximum absolute atomic E-state index is 12.5. The zero-order chi connectivity index (χ0) is 20.5. The average molecular weight is 386 g/mol. The molecule has 2 aromatic carbocycles. The van der Waals surface area contributed by atoms with Crippen molar-refractivity contribution in [1.82, 2.24) is 4.90 Å². The molecule has 0 unspecified atom stereocenters. The summed E-state index contributed by atoms with van der Waals surface area (Å²) in [5.74, 6) is 1.38. The first kappa shape index (κ1) is 21.1. The zero-order valence-electron chi connectivity index (χ0n) is 16.7. The summed E-state index contributed by atoms with van der Waals surface area (Å²) < 4.78 is 15.7. The summed E-state index contributed by atoms with van der Waals surface area (Å²) in [4.78, 5) is 26.0. The van der Waals surface area contributed by atoms with Crippen LogP contribution in [0.4, 0.5) is 5.69 Å². The van der Waals surface area contributed by atoms with Crippen molar-refractivity contribution in [3.05, 3.63) is 48.0 Å². The molecular weight excluding hydrogens is 360 g/mol. The lowest BCUT2D eigenvalue weighted by molar-refractivity contribution is -0.132. The summed E-state index contributed by atoms with van der Waals surface area (Å²) in [5, 5.41) is 2.78. The molecule has 0 radical (unpaired) electrons. The van der Waals surface area contributed by atoms with E-state index in [2.05, 4.69) is 5.32 Å². The molecule has 0 fully saturated rings. The van der Waals surface area contributed by atoms with Gasteiger partial charge in [-0.25, -0.2) is 0 Å². The highest BCUT2D eigenvalue weighted by molar-refractivity contribution is 5.95. The van der Waals surface area contributed by atoms with Crippen LogP contribution in [0.1, 0.15) is 12.5 Å². The lowest BCUT2D eigenvalue weighted by Gasteiger charge is -2.21. The molecule has 7 heteroatoms. The summed E-state index contributed by atoms with van der Waals surface area (Å²) >= 11 is 0. The van der Waals surface area contributed by atoms with Gasteiger partial charge in [-0.05, 0) is 36.2 Å². The van der Waals surface area contributed by atoms with E-state index in [9.17, 15) is 9.59 Å². The second kappa shape index (κ2) is 10.2. The number of ether oxygens (including phenoxy) is 3. The van der Waals surface area contributed by atoms with Gasteiger partial charge in [0, 0.05) is 19.5 Å². The van der Waals surface area contributed by atoms with Gasteiger partial charge in [0.05, 0.1) is 33.6 Å². The predicted molar refractivity (Wildman–Crippen MR) is 107 cm³/mol. The third-order valence-corrected chi connectivity index (χ3v) is 4.27. The van der Waals surface area contributed by atoms with Crippen LogP contribution in [0.5, 0.6) is 17.2 Å². The molecule has 0 atom stereocenters. The van der Waals surface area contributed by atoms with Gasteiger partial charge >= 0.3 is 0 Å². The van der Waals surface area contributed by atoms with Crippen LogP contribution in [0.25, 0.3) is 0 Å². The predicted octanol–water partition coefficient (Wildman–Crippen LogP) is 2.74. The van der Waals surface area contributed by atoms with E-state index in [1.165, 1.54) is 18.9 Å². The quantitative estimate of drug-likeness (QED) is 0.717. The van der Waals surface area contributed by atoms with E-state index in [1.54, 1.807) is 32.4 Å². The van der Waals surface area contributed by atoms with Gasteiger partial charge in [-0.2, -0.15) is 0 Å². The molecule has 0 aromatic heterocycles. The number of amides is 2. The maximum atomic E-state index is 12.5. The van der Waals surface area contributed by atoms with E-state index in [-0.39, 0.29) is 18.4 Å². The minimum Gasteiger partial charge on any atom is -0.497 e. The molecule has 0 aliphatic heterocycles. The Labute approximate surface area is 165 Å². The van der Waals surface area contributed by atoms with Crippen molar-refractivity contribution in [2.24, 2.45) is 0 Å². The van der Waals surface area contributed by atoms with Crippen LogP contribution in [0, 0.1) is 0 Å². The van der Waals surface area contributed by atoms with Crippen molar-refractivity contribution in [3.63, 3.8) is 0 Å². The second-order valence-electron chi connectivity index (χ2n) is 6.16. The molecule has 1 N–H and O–H groups in total. The molecule has 0 spiro atoms. The standard InChI is InChI=1S/C21H26N2O5/c1-15(24)23(11-10-16-6-5-7-17(12-16)26-2)14-21(25)22-19-13-18(27-3)8-9-20(19)28-4/h5-9,12-13H,10-11,14H2,1-4H3,(H,22,25). The fourth-order valence-electron chi connectivity index (χ4n) is 2.71. The lowest BCUT2D eigenvalue weighted by Crippen LogP contribution is -2.38. The van der Waals surface area contributed by atoms with E-state index < -0.39 is 0 Å². The normalized spacial score (nSPS) is 10.1. The van der Waals surface area contributed by atoms with E-state index >= 15 is 0 Å². The molecule has 7 nitrogen and oxygen atoms in total. The molecule has 0 saturated heterocycles. The number of hydrogen-bond acceptors (Lipinski definition) is 5. The van der Waals surface area contributed by atoms with Crippen molar-refractivity contribution in [2.75, 3.05) is 39.7 Å². The Bertz CT molecular complexity index is 822. The Morgan fingerprint density at radius 3 is 2.32 bits per heavy atom. The summed E-state index contributed by atoms with van der Waals surface area (Å²) in [7, 11) is 4.68. The number of rotatable bonds is 9. The van der Waals surface area contributed by atoms with E-state index in [0.717, 1.165) is 11.3 Å². The Kier molecular flexibility index (Phi) is 7.68. The fourth-order valence-corrected chi connectivity index (χ4v) is 2.71. The van der Waals surface area contributed by atoms with Crippen molar-refractivity contribution >= 4 is 17.5 Å². The summed E-state index contributed by atoms with van der Waals surface area (Å²) in [6.45, 7) is 1.82. The first-order chi connectivity index (χ1) is 13.5. The number of carbonyl (C=O) groups is 2. The minimum absolute atomic E-state index is 0.0559. The molecule has 2 rings (SSSR count). The van der Waals surface area contributed by atoms with Crippen LogP contribution >= 0.6 is 0 Å². The number of anilines is 1.